The van der Waals surface area contributed by atoms with Crippen LogP contribution in [0.3, 0.4) is 0 Å². The molecule has 246 valence electrons. The number of para-hydroxylation sites is 1. The fourth-order valence-electron chi connectivity index (χ4n) is 6.89. The number of aliphatic hydroxyl groups is 1. The van der Waals surface area contributed by atoms with Crippen molar-refractivity contribution < 1.29 is 23.1 Å². The Morgan fingerprint density at radius 3 is 1.92 bits per heavy atom. The first kappa shape index (κ1) is 33.1. The van der Waals surface area contributed by atoms with Gasteiger partial charge in [-0.2, -0.15) is 0 Å². The molecule has 2 N–H and O–H groups in total. The number of nitrogens with zero attached hydrogens (tertiary/aromatic N) is 1. The summed E-state index contributed by atoms with van der Waals surface area (Å²) in [6.45, 7) is 1.93. The number of aliphatic hydroxyl groups excluding tert-OH is 1. The van der Waals surface area contributed by atoms with Crippen LogP contribution in [0.4, 0.5) is 0 Å². The first-order valence-electron chi connectivity index (χ1n) is 16.4. The fraction of sp³-hybridized carbons (Fsp3) is 0.250. The predicted octanol–water partition coefficient (Wildman–Crippen LogP) is 8.07. The minimum absolute atomic E-state index is 0.0165. The second-order valence-corrected chi connectivity index (χ2v) is 14.1. The number of aromatic nitrogens is 1. The van der Waals surface area contributed by atoms with E-state index in [1.165, 1.54) is 7.05 Å². The van der Waals surface area contributed by atoms with Gasteiger partial charge in [0, 0.05) is 23.3 Å². The summed E-state index contributed by atoms with van der Waals surface area (Å²) in [5.74, 6) is -1.27. The normalized spacial score (nSPS) is 15.3. The minimum atomic E-state index is -4.03. The average Bonchev–Trinajstić information content (AvgIpc) is 3.12. The first-order chi connectivity index (χ1) is 23.2. The molecule has 0 bridgehead atoms. The van der Waals surface area contributed by atoms with Crippen molar-refractivity contribution in [1.29, 1.82) is 0 Å². The van der Waals surface area contributed by atoms with Crippen LogP contribution < -0.4 is 4.72 Å². The van der Waals surface area contributed by atoms with Gasteiger partial charge in [0.25, 0.3) is 10.0 Å². The van der Waals surface area contributed by atoms with Crippen molar-refractivity contribution in [3.63, 3.8) is 0 Å². The van der Waals surface area contributed by atoms with Gasteiger partial charge in [-0.3, -0.25) is 0 Å². The van der Waals surface area contributed by atoms with Crippen LogP contribution in [0.15, 0.2) is 132 Å². The highest BCUT2D eigenvalue weighted by molar-refractivity contribution is 7.89. The molecule has 7 nitrogen and oxygen atoms in total. The Morgan fingerprint density at radius 2 is 1.38 bits per heavy atom. The molecule has 4 aromatic carbocycles. The van der Waals surface area contributed by atoms with Crippen LogP contribution in [0.5, 0.6) is 0 Å². The zero-order valence-electron chi connectivity index (χ0n) is 27.2. The van der Waals surface area contributed by atoms with Crippen molar-refractivity contribution in [3.8, 4) is 11.1 Å². The van der Waals surface area contributed by atoms with E-state index in [4.69, 9.17) is 4.74 Å². The molecule has 0 saturated carbocycles. The van der Waals surface area contributed by atoms with E-state index >= 15 is 0 Å². The first-order valence-corrected chi connectivity index (χ1v) is 17.9. The van der Waals surface area contributed by atoms with Crippen LogP contribution in [0.25, 0.3) is 22.0 Å². The van der Waals surface area contributed by atoms with E-state index in [2.05, 4.69) is 34.0 Å². The molecule has 0 spiro atoms. The van der Waals surface area contributed by atoms with Crippen molar-refractivity contribution in [1.82, 2.24) is 9.71 Å². The van der Waals surface area contributed by atoms with E-state index in [1.807, 2.05) is 85.8 Å². The molecule has 1 unspecified atom stereocenters. The van der Waals surface area contributed by atoms with Crippen LogP contribution >= 0.6 is 0 Å². The van der Waals surface area contributed by atoms with Gasteiger partial charge in [0.15, 0.2) is 5.03 Å². The third-order valence-electron chi connectivity index (χ3n) is 9.34. The van der Waals surface area contributed by atoms with Crippen molar-refractivity contribution in [2.45, 2.75) is 62.0 Å². The van der Waals surface area contributed by atoms with Gasteiger partial charge in [0.2, 0.25) is 0 Å². The molecule has 0 fully saturated rings. The third-order valence-corrected chi connectivity index (χ3v) is 10.7. The predicted molar refractivity (Wildman–Crippen MR) is 189 cm³/mol. The number of pyridine rings is 1. The smallest absolute Gasteiger partial charge is 0.338 e. The van der Waals surface area contributed by atoms with Crippen LogP contribution in [0.2, 0.25) is 0 Å². The number of cyclic esters (lactones) is 1. The Hall–Kier alpha value is -4.79. The number of hydrogen-bond donors (Lipinski definition) is 2. The average molecular weight is 661 g/mol. The number of sulfonamides is 1. The topological polar surface area (TPSA) is 106 Å². The maximum absolute atomic E-state index is 14.4. The SMILES string of the molecule is CCC(C1=C(O)CC(CCc2ccccc2)(CCc2ccccc2)OC1=O)c1c(-c2ccccc2)c(S(=O)(=O)NC)nc2ccccc12. The maximum atomic E-state index is 14.4. The van der Waals surface area contributed by atoms with Crippen molar-refractivity contribution in [2.75, 3.05) is 7.05 Å². The molecule has 0 aliphatic carbocycles. The van der Waals surface area contributed by atoms with E-state index < -0.39 is 27.5 Å². The van der Waals surface area contributed by atoms with Crippen molar-refractivity contribution in [3.05, 3.63) is 143 Å². The molecule has 0 amide bonds. The molecule has 48 heavy (non-hydrogen) atoms. The van der Waals surface area contributed by atoms with Crippen LogP contribution in [-0.4, -0.2) is 37.1 Å². The quantitative estimate of drug-likeness (QED) is 0.131. The lowest BCUT2D eigenvalue weighted by molar-refractivity contribution is -0.161. The molecule has 1 aromatic heterocycles. The third kappa shape index (κ3) is 6.77. The minimum Gasteiger partial charge on any atom is -0.512 e. The molecule has 5 aromatic rings. The molecular weight excluding hydrogens is 621 g/mol. The summed E-state index contributed by atoms with van der Waals surface area (Å²) >= 11 is 0. The molecule has 1 atom stereocenters. The van der Waals surface area contributed by atoms with Gasteiger partial charge >= 0.3 is 5.97 Å². The molecule has 1 aliphatic rings. The Morgan fingerprint density at radius 1 is 0.833 bits per heavy atom. The monoisotopic (exact) mass is 660 g/mol. The van der Waals surface area contributed by atoms with E-state index in [0.29, 0.717) is 59.7 Å². The van der Waals surface area contributed by atoms with Gasteiger partial charge in [-0.1, -0.05) is 116 Å². The largest absolute Gasteiger partial charge is 0.512 e. The Kier molecular flexibility index (Phi) is 9.76. The summed E-state index contributed by atoms with van der Waals surface area (Å²) < 4.78 is 36.0. The lowest BCUT2D eigenvalue weighted by Crippen LogP contribution is -2.42. The summed E-state index contributed by atoms with van der Waals surface area (Å²) in [4.78, 5) is 19.0. The molecule has 6 rings (SSSR count). The summed E-state index contributed by atoms with van der Waals surface area (Å²) in [7, 11) is -2.68. The fourth-order valence-corrected chi connectivity index (χ4v) is 7.80. The van der Waals surface area contributed by atoms with Gasteiger partial charge < -0.3 is 9.84 Å². The summed E-state index contributed by atoms with van der Waals surface area (Å²) in [6.07, 6.45) is 3.02. The number of carbonyl (C=O) groups is 1. The number of carbonyl (C=O) groups excluding carboxylic acids is 1. The number of esters is 1. The zero-order valence-corrected chi connectivity index (χ0v) is 28.0. The number of hydrogen-bond acceptors (Lipinski definition) is 6. The van der Waals surface area contributed by atoms with Crippen molar-refractivity contribution >= 4 is 26.9 Å². The van der Waals surface area contributed by atoms with E-state index in [1.54, 1.807) is 12.1 Å². The number of nitrogens with one attached hydrogen (secondary N) is 1. The highest BCUT2D eigenvalue weighted by atomic mass is 32.2. The summed E-state index contributed by atoms with van der Waals surface area (Å²) in [6, 6.07) is 36.7. The second kappa shape index (κ2) is 14.1. The second-order valence-electron chi connectivity index (χ2n) is 12.3. The molecule has 2 heterocycles. The lowest BCUT2D eigenvalue weighted by Gasteiger charge is -2.39. The van der Waals surface area contributed by atoms with E-state index in [9.17, 15) is 18.3 Å². The highest BCUT2D eigenvalue weighted by Crippen LogP contribution is 2.47. The van der Waals surface area contributed by atoms with E-state index in [-0.39, 0.29) is 22.8 Å². The molecule has 0 saturated heterocycles. The van der Waals surface area contributed by atoms with Gasteiger partial charge in [0.1, 0.15) is 11.4 Å². The number of benzene rings is 4. The van der Waals surface area contributed by atoms with Gasteiger partial charge in [-0.25, -0.2) is 22.9 Å². The van der Waals surface area contributed by atoms with E-state index in [0.717, 1.165) is 11.1 Å². The molecule has 0 radical (unpaired) electrons. The number of aryl methyl sites for hydroxylation is 2. The standard InChI is InChI=1S/C40H40N2O5S/c1-3-31(36-32-21-13-14-22-33(32)42-38(48(45,46)41-2)35(36)30-19-11-6-12-20-30)37-34(43)27-40(47-39(37)44,25-23-28-15-7-4-8-16-28)26-24-29-17-9-5-10-18-29/h4-22,31,41,43H,3,23-27H2,1-2H3. The molecule has 8 heteroatoms. The highest BCUT2D eigenvalue weighted by Gasteiger charge is 2.44. The summed E-state index contributed by atoms with van der Waals surface area (Å²) in [5.41, 5.74) is 3.62. The van der Waals surface area contributed by atoms with Crippen LogP contribution in [0.1, 0.15) is 55.2 Å². The van der Waals surface area contributed by atoms with Gasteiger partial charge in [-0.15, -0.1) is 0 Å². The zero-order chi connectivity index (χ0) is 33.7. The van der Waals surface area contributed by atoms with Crippen LogP contribution in [-0.2, 0) is 32.4 Å². The van der Waals surface area contributed by atoms with Gasteiger partial charge in [-0.05, 0) is 67.5 Å². The Labute approximate surface area is 282 Å². The van der Waals surface area contributed by atoms with Crippen molar-refractivity contribution in [2.24, 2.45) is 0 Å². The maximum Gasteiger partial charge on any atom is 0.338 e. The Bertz CT molecular complexity index is 2000. The van der Waals surface area contributed by atoms with Gasteiger partial charge in [0.05, 0.1) is 11.1 Å². The summed E-state index contributed by atoms with van der Waals surface area (Å²) in [5, 5.41) is 12.5. The molecular formula is C40H40N2O5S. The van der Waals surface area contributed by atoms with Crippen LogP contribution in [0, 0.1) is 0 Å². The number of fused-ring (bicyclic) bond motifs is 1. The lowest BCUT2D eigenvalue weighted by atomic mass is 9.77. The Balaban J connectivity index is 1.50. The molecule has 1 aliphatic heterocycles. The number of rotatable bonds is 12. The number of ether oxygens (including phenoxy) is 1.